The molecule has 1 aliphatic heterocycles. The zero-order valence-electron chi connectivity index (χ0n) is 14.9. The smallest absolute Gasteiger partial charge is 0.158 e. The molecular formula is C18H30N2O2. The minimum atomic E-state index is -0.435. The van der Waals surface area contributed by atoms with Gasteiger partial charge in [-0.3, -0.25) is 9.69 Å². The Kier molecular flexibility index (Phi) is 4.81. The lowest BCUT2D eigenvalue weighted by molar-refractivity contribution is -0.130. The first kappa shape index (κ1) is 17.2. The average Bonchev–Trinajstić information content (AvgIpc) is 2.87. The van der Waals surface area contributed by atoms with Crippen LogP contribution in [0.3, 0.4) is 0 Å². The number of carbonyl (C=O) groups is 1. The molecule has 1 aliphatic rings. The fraction of sp³-hybridized carbons (Fsp3) is 0.778. The third kappa shape index (κ3) is 3.78. The van der Waals surface area contributed by atoms with Gasteiger partial charge in [-0.15, -0.1) is 0 Å². The van der Waals surface area contributed by atoms with Crippen LogP contribution in [0.25, 0.3) is 0 Å². The maximum atomic E-state index is 12.8. The van der Waals surface area contributed by atoms with Gasteiger partial charge in [-0.2, -0.15) is 0 Å². The van der Waals surface area contributed by atoms with Gasteiger partial charge in [0, 0.05) is 18.0 Å². The van der Waals surface area contributed by atoms with E-state index >= 15 is 0 Å². The second-order valence-corrected chi connectivity index (χ2v) is 8.28. The molecule has 2 rings (SSSR count). The summed E-state index contributed by atoms with van der Waals surface area (Å²) in [6.45, 7) is 14.6. The minimum absolute atomic E-state index is 0.0773. The van der Waals surface area contributed by atoms with E-state index in [1.807, 2.05) is 19.9 Å². The van der Waals surface area contributed by atoms with Crippen molar-refractivity contribution in [2.45, 2.75) is 71.8 Å². The SMILES string of the molecule is CC1CCCN(C(C)(C)C(=O)Cc2cc(C(C)(C)C)on2)C1. The summed E-state index contributed by atoms with van der Waals surface area (Å²) >= 11 is 0. The number of hydrogen-bond donors (Lipinski definition) is 0. The van der Waals surface area contributed by atoms with Crippen LogP contribution >= 0.6 is 0 Å². The summed E-state index contributed by atoms with van der Waals surface area (Å²) in [5.41, 5.74) is 0.231. The van der Waals surface area contributed by atoms with Crippen molar-refractivity contribution in [3.63, 3.8) is 0 Å². The van der Waals surface area contributed by atoms with Crippen molar-refractivity contribution in [1.29, 1.82) is 0 Å². The topological polar surface area (TPSA) is 46.3 Å². The molecule has 1 saturated heterocycles. The standard InChI is InChI=1S/C18H30N2O2/c1-13-8-7-9-20(12-13)18(5,6)15(21)10-14-11-16(22-19-14)17(2,3)4/h11,13H,7-10,12H2,1-6H3. The molecule has 2 heterocycles. The Morgan fingerprint density at radius 1 is 1.36 bits per heavy atom. The van der Waals surface area contributed by atoms with Crippen LogP contribution in [0.2, 0.25) is 0 Å². The average molecular weight is 306 g/mol. The summed E-state index contributed by atoms with van der Waals surface area (Å²) in [5.74, 6) is 1.72. The molecule has 124 valence electrons. The van der Waals surface area contributed by atoms with Crippen LogP contribution in [-0.2, 0) is 16.6 Å². The van der Waals surface area contributed by atoms with Gasteiger partial charge < -0.3 is 4.52 Å². The van der Waals surface area contributed by atoms with Gasteiger partial charge in [0.25, 0.3) is 0 Å². The molecule has 1 unspecified atom stereocenters. The molecule has 1 aromatic rings. The van der Waals surface area contributed by atoms with Gasteiger partial charge in [0.1, 0.15) is 5.76 Å². The maximum Gasteiger partial charge on any atom is 0.158 e. The minimum Gasteiger partial charge on any atom is -0.361 e. The van der Waals surface area contributed by atoms with Gasteiger partial charge in [-0.25, -0.2) is 0 Å². The van der Waals surface area contributed by atoms with Crippen molar-refractivity contribution in [2.75, 3.05) is 13.1 Å². The maximum absolute atomic E-state index is 12.8. The number of hydrogen-bond acceptors (Lipinski definition) is 4. The van der Waals surface area contributed by atoms with E-state index in [0.717, 1.165) is 24.5 Å². The first-order valence-electron chi connectivity index (χ1n) is 8.35. The van der Waals surface area contributed by atoms with Gasteiger partial charge in [-0.1, -0.05) is 32.9 Å². The van der Waals surface area contributed by atoms with Crippen molar-refractivity contribution in [1.82, 2.24) is 10.1 Å². The summed E-state index contributed by atoms with van der Waals surface area (Å²) in [6, 6.07) is 1.92. The molecule has 0 bridgehead atoms. The molecule has 0 saturated carbocycles. The Morgan fingerprint density at radius 2 is 2.05 bits per heavy atom. The summed E-state index contributed by atoms with van der Waals surface area (Å²) in [5, 5.41) is 4.08. The molecule has 0 spiro atoms. The van der Waals surface area contributed by atoms with Gasteiger partial charge >= 0.3 is 0 Å². The number of piperidine rings is 1. The van der Waals surface area contributed by atoms with Crippen LogP contribution in [0.1, 0.15) is 65.8 Å². The van der Waals surface area contributed by atoms with Crippen LogP contribution < -0.4 is 0 Å². The lowest BCUT2D eigenvalue weighted by Crippen LogP contribution is -2.54. The molecule has 0 aliphatic carbocycles. The summed E-state index contributed by atoms with van der Waals surface area (Å²) in [7, 11) is 0. The number of nitrogens with zero attached hydrogens (tertiary/aromatic N) is 2. The number of Topliss-reactive ketones (excluding diaryl/α,β-unsaturated/α-hetero) is 1. The van der Waals surface area contributed by atoms with Crippen molar-refractivity contribution in [2.24, 2.45) is 5.92 Å². The summed E-state index contributed by atoms with van der Waals surface area (Å²) in [4.78, 5) is 15.1. The van der Waals surface area contributed by atoms with E-state index in [-0.39, 0.29) is 11.2 Å². The van der Waals surface area contributed by atoms with Crippen molar-refractivity contribution >= 4 is 5.78 Å². The molecule has 4 heteroatoms. The Labute approximate surface area is 134 Å². The Balaban J connectivity index is 2.05. The van der Waals surface area contributed by atoms with E-state index in [1.54, 1.807) is 0 Å². The molecule has 1 fully saturated rings. The van der Waals surface area contributed by atoms with Crippen LogP contribution in [0.5, 0.6) is 0 Å². The molecule has 1 atom stereocenters. The van der Waals surface area contributed by atoms with Crippen LogP contribution in [0.4, 0.5) is 0 Å². The van der Waals surface area contributed by atoms with Gasteiger partial charge in [-0.05, 0) is 39.2 Å². The highest BCUT2D eigenvalue weighted by molar-refractivity contribution is 5.89. The monoisotopic (exact) mass is 306 g/mol. The predicted octanol–water partition coefficient (Wildman–Crippen LogP) is 3.59. The second kappa shape index (κ2) is 6.15. The van der Waals surface area contributed by atoms with E-state index in [0.29, 0.717) is 12.3 Å². The largest absolute Gasteiger partial charge is 0.361 e. The molecule has 1 aromatic heterocycles. The van der Waals surface area contributed by atoms with Crippen LogP contribution in [-0.4, -0.2) is 34.5 Å². The fourth-order valence-corrected chi connectivity index (χ4v) is 3.00. The van der Waals surface area contributed by atoms with Gasteiger partial charge in [0.05, 0.1) is 17.7 Å². The molecular weight excluding hydrogens is 276 g/mol. The van der Waals surface area contributed by atoms with Crippen molar-refractivity contribution < 1.29 is 9.32 Å². The number of likely N-dealkylation sites (tertiary alicyclic amines) is 1. The Hall–Kier alpha value is -1.16. The lowest BCUT2D eigenvalue weighted by atomic mass is 9.88. The molecule has 4 nitrogen and oxygen atoms in total. The van der Waals surface area contributed by atoms with E-state index in [1.165, 1.54) is 12.8 Å². The zero-order valence-corrected chi connectivity index (χ0v) is 14.9. The quantitative estimate of drug-likeness (QED) is 0.853. The van der Waals surface area contributed by atoms with E-state index in [2.05, 4.69) is 37.8 Å². The zero-order chi connectivity index (χ0) is 16.5. The Bertz CT molecular complexity index is 525. The number of carbonyl (C=O) groups excluding carboxylic acids is 1. The van der Waals surface area contributed by atoms with Gasteiger partial charge in [0.15, 0.2) is 5.78 Å². The van der Waals surface area contributed by atoms with E-state index in [4.69, 9.17) is 4.52 Å². The van der Waals surface area contributed by atoms with Crippen LogP contribution in [0.15, 0.2) is 10.6 Å². The molecule has 22 heavy (non-hydrogen) atoms. The highest BCUT2D eigenvalue weighted by Crippen LogP contribution is 2.27. The Morgan fingerprint density at radius 3 is 2.59 bits per heavy atom. The summed E-state index contributed by atoms with van der Waals surface area (Å²) in [6.07, 6.45) is 2.78. The normalized spacial score (nSPS) is 21.1. The number of rotatable bonds is 4. The second-order valence-electron chi connectivity index (χ2n) is 8.28. The highest BCUT2D eigenvalue weighted by Gasteiger charge is 2.36. The molecule has 0 aromatic carbocycles. The van der Waals surface area contributed by atoms with Gasteiger partial charge in [0.2, 0.25) is 0 Å². The third-order valence-corrected chi connectivity index (χ3v) is 4.77. The number of aromatic nitrogens is 1. The predicted molar refractivity (Wildman–Crippen MR) is 88.0 cm³/mol. The third-order valence-electron chi connectivity index (χ3n) is 4.77. The first-order valence-corrected chi connectivity index (χ1v) is 8.35. The lowest BCUT2D eigenvalue weighted by Gasteiger charge is -2.41. The molecule has 0 radical (unpaired) electrons. The van der Waals surface area contributed by atoms with Crippen molar-refractivity contribution in [3.8, 4) is 0 Å². The fourth-order valence-electron chi connectivity index (χ4n) is 3.00. The van der Waals surface area contributed by atoms with E-state index in [9.17, 15) is 4.79 Å². The first-order chi connectivity index (χ1) is 10.1. The van der Waals surface area contributed by atoms with E-state index < -0.39 is 5.54 Å². The molecule has 0 amide bonds. The van der Waals surface area contributed by atoms with Crippen molar-refractivity contribution in [3.05, 3.63) is 17.5 Å². The highest BCUT2D eigenvalue weighted by atomic mass is 16.5. The molecule has 0 N–H and O–H groups in total. The number of ketones is 1. The summed E-state index contributed by atoms with van der Waals surface area (Å²) < 4.78 is 5.39. The van der Waals surface area contributed by atoms with Crippen LogP contribution in [0, 0.1) is 5.92 Å².